The van der Waals surface area contributed by atoms with E-state index in [1.54, 1.807) is 4.90 Å². The first-order chi connectivity index (χ1) is 14.6. The second-order valence-electron chi connectivity index (χ2n) is 9.33. The number of nitrogens with zero attached hydrogens (tertiary/aromatic N) is 2. The number of piperazine rings is 1. The topological polar surface area (TPSA) is 66.9 Å². The van der Waals surface area contributed by atoms with Gasteiger partial charge in [0.05, 0.1) is 36.7 Å². The van der Waals surface area contributed by atoms with Gasteiger partial charge in [0, 0.05) is 11.4 Å². The van der Waals surface area contributed by atoms with Gasteiger partial charge in [0.15, 0.2) is 9.84 Å². The third-order valence-electron chi connectivity index (χ3n) is 6.09. The maximum Gasteiger partial charge on any atom is 0.246 e. The van der Waals surface area contributed by atoms with Crippen LogP contribution in [0.15, 0.2) is 48.5 Å². The van der Waals surface area contributed by atoms with E-state index in [0.717, 1.165) is 11.4 Å². The minimum absolute atomic E-state index is 0.0206. The molecule has 166 valence electrons. The Labute approximate surface area is 184 Å². The van der Waals surface area contributed by atoms with Crippen LogP contribution in [0.3, 0.4) is 0 Å². The number of hydrogen-bond donors (Lipinski definition) is 0. The van der Waals surface area contributed by atoms with Crippen molar-refractivity contribution in [2.45, 2.75) is 45.2 Å². The number of amides is 1. The lowest BCUT2D eigenvalue weighted by Crippen LogP contribution is -2.62. The number of rotatable bonds is 4. The Hall–Kier alpha value is -2.54. The molecule has 2 aliphatic heterocycles. The number of carbonyl (C=O) groups excluding carboxylic acids is 1. The third-order valence-corrected chi connectivity index (χ3v) is 7.79. The molecule has 6 nitrogen and oxygen atoms in total. The fraction of sp³-hybridized carbons (Fsp3) is 0.458. The maximum atomic E-state index is 13.2. The molecular weight excluding hydrogens is 412 g/mol. The number of fused-ring (bicyclic) bond motifs is 1. The Morgan fingerprint density at radius 3 is 2.10 bits per heavy atom. The Kier molecular flexibility index (Phi) is 5.50. The van der Waals surface area contributed by atoms with Crippen LogP contribution in [0.4, 0.5) is 11.4 Å². The molecule has 0 aromatic heterocycles. The summed E-state index contributed by atoms with van der Waals surface area (Å²) in [4.78, 5) is 16.9. The Bertz CT molecular complexity index is 1060. The predicted molar refractivity (Wildman–Crippen MR) is 124 cm³/mol. The molecule has 31 heavy (non-hydrogen) atoms. The summed E-state index contributed by atoms with van der Waals surface area (Å²) < 4.78 is 30.7. The summed E-state index contributed by atoms with van der Waals surface area (Å²) in [5.41, 5.74) is 2.83. The van der Waals surface area contributed by atoms with Gasteiger partial charge in [-0.1, -0.05) is 32.9 Å². The van der Waals surface area contributed by atoms with Gasteiger partial charge < -0.3 is 14.5 Å². The highest BCUT2D eigenvalue weighted by Crippen LogP contribution is 2.35. The van der Waals surface area contributed by atoms with Crippen molar-refractivity contribution in [2.24, 2.45) is 0 Å². The highest BCUT2D eigenvalue weighted by molar-refractivity contribution is 7.91. The van der Waals surface area contributed by atoms with E-state index >= 15 is 0 Å². The van der Waals surface area contributed by atoms with Crippen molar-refractivity contribution in [3.05, 3.63) is 54.1 Å². The first kappa shape index (κ1) is 21.7. The minimum atomic E-state index is -3.24. The first-order valence-electron chi connectivity index (χ1n) is 10.7. The Morgan fingerprint density at radius 1 is 0.935 bits per heavy atom. The smallest absolute Gasteiger partial charge is 0.246 e. The molecule has 2 aliphatic rings. The van der Waals surface area contributed by atoms with Gasteiger partial charge >= 0.3 is 0 Å². The standard InChI is InChI=1S/C24H30N2O4S/c1-5-30-20-12-10-19(11-13-20)26-22-16-31(28,29)15-21(22)25(14-23(26)27)18-8-6-17(7-9-18)24(2,3)4/h6-13,21-22H,5,14-16H2,1-4H3/t21-,22-/m1/s1. The molecule has 0 saturated carbocycles. The normalized spacial score (nSPS) is 23.0. The molecule has 0 bridgehead atoms. The van der Waals surface area contributed by atoms with Crippen molar-refractivity contribution in [1.82, 2.24) is 0 Å². The quantitative estimate of drug-likeness (QED) is 0.726. The summed E-state index contributed by atoms with van der Waals surface area (Å²) in [6.07, 6.45) is 0. The summed E-state index contributed by atoms with van der Waals surface area (Å²) in [5, 5.41) is 0. The highest BCUT2D eigenvalue weighted by Gasteiger charge is 2.50. The molecule has 2 saturated heterocycles. The lowest BCUT2D eigenvalue weighted by molar-refractivity contribution is -0.118. The zero-order valence-electron chi connectivity index (χ0n) is 18.5. The number of ether oxygens (including phenoxy) is 1. The van der Waals surface area contributed by atoms with Crippen LogP contribution < -0.4 is 14.5 Å². The monoisotopic (exact) mass is 442 g/mol. The number of anilines is 2. The van der Waals surface area contributed by atoms with E-state index in [-0.39, 0.29) is 35.4 Å². The number of hydrogen-bond acceptors (Lipinski definition) is 5. The minimum Gasteiger partial charge on any atom is -0.494 e. The van der Waals surface area contributed by atoms with Gasteiger partial charge in [-0.05, 0) is 54.3 Å². The molecule has 0 N–H and O–H groups in total. The maximum absolute atomic E-state index is 13.2. The van der Waals surface area contributed by atoms with E-state index in [9.17, 15) is 13.2 Å². The fourth-order valence-corrected chi connectivity index (χ4v) is 6.47. The van der Waals surface area contributed by atoms with Crippen molar-refractivity contribution in [1.29, 1.82) is 0 Å². The molecule has 2 aromatic carbocycles. The van der Waals surface area contributed by atoms with Crippen LogP contribution in [0.25, 0.3) is 0 Å². The Morgan fingerprint density at radius 2 is 1.52 bits per heavy atom. The van der Waals surface area contributed by atoms with Crippen LogP contribution in [0, 0.1) is 0 Å². The molecule has 1 amide bonds. The number of sulfone groups is 1. The molecule has 4 rings (SSSR count). The summed E-state index contributed by atoms with van der Waals surface area (Å²) >= 11 is 0. The average Bonchev–Trinajstić information content (AvgIpc) is 3.03. The van der Waals surface area contributed by atoms with E-state index in [4.69, 9.17) is 4.74 Å². The molecule has 2 aromatic rings. The number of benzene rings is 2. The third kappa shape index (κ3) is 4.28. The van der Waals surface area contributed by atoms with Crippen molar-refractivity contribution >= 4 is 27.1 Å². The fourth-order valence-electron chi connectivity index (χ4n) is 4.52. The van der Waals surface area contributed by atoms with E-state index in [2.05, 4.69) is 32.9 Å². The number of carbonyl (C=O) groups is 1. The van der Waals surface area contributed by atoms with Gasteiger partial charge in [0.25, 0.3) is 0 Å². The van der Waals surface area contributed by atoms with Gasteiger partial charge in [-0.15, -0.1) is 0 Å². The summed E-state index contributed by atoms with van der Waals surface area (Å²) in [5.74, 6) is 0.668. The van der Waals surface area contributed by atoms with Crippen LogP contribution in [-0.2, 0) is 20.0 Å². The first-order valence-corrected chi connectivity index (χ1v) is 12.5. The van der Waals surface area contributed by atoms with Crippen LogP contribution in [-0.4, -0.2) is 51.1 Å². The SMILES string of the molecule is CCOc1ccc(N2C(=O)CN(c3ccc(C(C)(C)C)cc3)[C@@H]3CS(=O)(=O)C[C@H]32)cc1. The summed E-state index contributed by atoms with van der Waals surface area (Å²) in [6, 6.07) is 14.8. The van der Waals surface area contributed by atoms with Crippen molar-refractivity contribution in [3.63, 3.8) is 0 Å². The van der Waals surface area contributed by atoms with E-state index in [0.29, 0.717) is 12.3 Å². The van der Waals surface area contributed by atoms with Crippen molar-refractivity contribution in [3.8, 4) is 5.75 Å². The van der Waals surface area contributed by atoms with Crippen LogP contribution in [0.5, 0.6) is 5.75 Å². The summed E-state index contributed by atoms with van der Waals surface area (Å²) in [7, 11) is -3.24. The molecular formula is C24H30N2O4S. The lowest BCUT2D eigenvalue weighted by Gasteiger charge is -2.44. The zero-order valence-corrected chi connectivity index (χ0v) is 19.4. The lowest BCUT2D eigenvalue weighted by atomic mass is 9.87. The van der Waals surface area contributed by atoms with Crippen LogP contribution >= 0.6 is 0 Å². The summed E-state index contributed by atoms with van der Waals surface area (Å²) in [6.45, 7) is 9.09. The van der Waals surface area contributed by atoms with Crippen LogP contribution in [0.2, 0.25) is 0 Å². The van der Waals surface area contributed by atoms with Gasteiger partial charge in [-0.2, -0.15) is 0 Å². The second-order valence-corrected chi connectivity index (χ2v) is 11.5. The molecule has 0 unspecified atom stereocenters. The van der Waals surface area contributed by atoms with Gasteiger partial charge in [-0.3, -0.25) is 4.79 Å². The largest absolute Gasteiger partial charge is 0.494 e. The second kappa shape index (κ2) is 7.86. The molecule has 0 aliphatic carbocycles. The Balaban J connectivity index is 1.66. The predicted octanol–water partition coefficient (Wildman–Crippen LogP) is 3.40. The van der Waals surface area contributed by atoms with E-state index in [1.807, 2.05) is 48.2 Å². The molecule has 0 spiro atoms. The van der Waals surface area contributed by atoms with Crippen molar-refractivity contribution < 1.29 is 17.9 Å². The molecule has 7 heteroatoms. The van der Waals surface area contributed by atoms with E-state index < -0.39 is 15.9 Å². The molecule has 2 fully saturated rings. The molecule has 2 heterocycles. The van der Waals surface area contributed by atoms with Crippen LogP contribution in [0.1, 0.15) is 33.3 Å². The van der Waals surface area contributed by atoms with Gasteiger partial charge in [0.1, 0.15) is 5.75 Å². The van der Waals surface area contributed by atoms with Crippen molar-refractivity contribution in [2.75, 3.05) is 34.5 Å². The van der Waals surface area contributed by atoms with Gasteiger partial charge in [-0.25, -0.2) is 8.42 Å². The highest BCUT2D eigenvalue weighted by atomic mass is 32.2. The van der Waals surface area contributed by atoms with E-state index in [1.165, 1.54) is 5.56 Å². The zero-order chi connectivity index (χ0) is 22.4. The molecule has 2 atom stereocenters. The molecule has 0 radical (unpaired) electrons. The van der Waals surface area contributed by atoms with Gasteiger partial charge in [0.2, 0.25) is 5.91 Å². The average molecular weight is 443 g/mol.